The summed E-state index contributed by atoms with van der Waals surface area (Å²) in [7, 11) is 0. The molecule has 4 saturated heterocycles. The van der Waals surface area contributed by atoms with Gasteiger partial charge in [0.15, 0.2) is 0 Å². The van der Waals surface area contributed by atoms with E-state index in [4.69, 9.17) is 0 Å². The lowest BCUT2D eigenvalue weighted by molar-refractivity contribution is 0.0180. The molecule has 0 radical (unpaired) electrons. The Bertz CT molecular complexity index is 838. The van der Waals surface area contributed by atoms with Crippen LogP contribution in [0.2, 0.25) is 0 Å². The third kappa shape index (κ3) is 2.82. The molecule has 5 nitrogen and oxygen atoms in total. The Hall–Kier alpha value is -2.37. The van der Waals surface area contributed by atoms with Gasteiger partial charge in [0.25, 0.3) is 5.91 Å². The number of amides is 1. The molecule has 0 spiro atoms. The highest BCUT2D eigenvalue weighted by atomic mass is 16.3. The number of fused-ring (bicyclic) bond motifs is 1. The minimum atomic E-state index is -0.0950. The summed E-state index contributed by atoms with van der Waals surface area (Å²) in [6, 6.07) is 17.4. The molecule has 0 saturated carbocycles. The van der Waals surface area contributed by atoms with E-state index in [0.29, 0.717) is 11.5 Å². The molecule has 4 aliphatic rings. The molecule has 2 aromatic rings. The largest absolute Gasteiger partial charge is 0.508 e. The maximum absolute atomic E-state index is 13.0. The summed E-state index contributed by atoms with van der Waals surface area (Å²) >= 11 is 0. The highest BCUT2D eigenvalue weighted by molar-refractivity contribution is 5.95. The van der Waals surface area contributed by atoms with Crippen LogP contribution in [0.4, 0.5) is 0 Å². The summed E-state index contributed by atoms with van der Waals surface area (Å²) in [5.41, 5.74) is 1.74. The van der Waals surface area contributed by atoms with Gasteiger partial charge in [-0.2, -0.15) is 0 Å². The van der Waals surface area contributed by atoms with Gasteiger partial charge in [-0.1, -0.05) is 36.4 Å². The molecule has 0 aliphatic carbocycles. The van der Waals surface area contributed by atoms with Crippen LogP contribution in [0.25, 0.3) is 0 Å². The van der Waals surface area contributed by atoms with Crippen molar-refractivity contribution in [2.24, 2.45) is 5.92 Å². The first-order valence-electron chi connectivity index (χ1n) is 9.74. The van der Waals surface area contributed by atoms with Crippen molar-refractivity contribution >= 4 is 5.91 Å². The fourth-order valence-electron chi connectivity index (χ4n) is 5.44. The Morgan fingerprint density at radius 3 is 2.37 bits per heavy atom. The monoisotopic (exact) mass is 363 g/mol. The molecular weight excluding hydrogens is 338 g/mol. The van der Waals surface area contributed by atoms with E-state index in [1.807, 2.05) is 0 Å². The van der Waals surface area contributed by atoms with Crippen LogP contribution < -0.4 is 5.32 Å². The van der Waals surface area contributed by atoms with Gasteiger partial charge in [-0.05, 0) is 23.8 Å². The van der Waals surface area contributed by atoms with Crippen LogP contribution in [0.1, 0.15) is 15.9 Å². The lowest BCUT2D eigenvalue weighted by Crippen LogP contribution is -2.70. The van der Waals surface area contributed by atoms with Gasteiger partial charge >= 0.3 is 0 Å². The number of carbonyl (C=O) groups excluding carboxylic acids is 1. The lowest BCUT2D eigenvalue weighted by atomic mass is 9.64. The summed E-state index contributed by atoms with van der Waals surface area (Å²) < 4.78 is 0. The van der Waals surface area contributed by atoms with Crippen molar-refractivity contribution in [3.63, 3.8) is 0 Å². The van der Waals surface area contributed by atoms with Crippen molar-refractivity contribution in [1.29, 1.82) is 0 Å². The van der Waals surface area contributed by atoms with Crippen LogP contribution in [0.3, 0.4) is 0 Å². The molecule has 4 heterocycles. The van der Waals surface area contributed by atoms with E-state index in [2.05, 4.69) is 45.4 Å². The Balaban J connectivity index is 1.53. The highest BCUT2D eigenvalue weighted by Gasteiger charge is 2.55. The van der Waals surface area contributed by atoms with Crippen LogP contribution in [-0.2, 0) is 5.41 Å². The number of nitrogens with zero attached hydrogens (tertiary/aromatic N) is 2. The van der Waals surface area contributed by atoms with E-state index in [9.17, 15) is 9.90 Å². The van der Waals surface area contributed by atoms with Crippen LogP contribution in [-0.4, -0.2) is 66.1 Å². The van der Waals surface area contributed by atoms with Gasteiger partial charge in [-0.15, -0.1) is 0 Å². The predicted octanol–water partition coefficient (Wildman–Crippen LogP) is 1.69. The minimum absolute atomic E-state index is 0.0919. The third-order valence-electron chi connectivity index (χ3n) is 6.54. The van der Waals surface area contributed by atoms with Crippen molar-refractivity contribution in [2.45, 2.75) is 11.5 Å². The zero-order chi connectivity index (χ0) is 18.4. The molecule has 0 aromatic heterocycles. The summed E-state index contributed by atoms with van der Waals surface area (Å²) in [6.07, 6.45) is 0. The zero-order valence-electron chi connectivity index (χ0n) is 15.3. The summed E-state index contributed by atoms with van der Waals surface area (Å²) in [6.45, 7) is 6.26. The molecule has 2 N–H and O–H groups in total. The van der Waals surface area contributed by atoms with Crippen LogP contribution in [0.5, 0.6) is 5.75 Å². The van der Waals surface area contributed by atoms with E-state index in [1.165, 1.54) is 5.56 Å². The summed E-state index contributed by atoms with van der Waals surface area (Å²) in [5.74, 6) is 0.443. The molecule has 4 fully saturated rings. The van der Waals surface area contributed by atoms with Gasteiger partial charge in [0, 0.05) is 62.2 Å². The quantitative estimate of drug-likeness (QED) is 0.871. The highest BCUT2D eigenvalue weighted by Crippen LogP contribution is 2.43. The summed E-state index contributed by atoms with van der Waals surface area (Å²) in [5, 5.41) is 13.1. The second-order valence-electron chi connectivity index (χ2n) is 8.25. The molecular formula is C22H25N3O2. The standard InChI is InChI=1S/C22H25N3O2/c26-19-8-4-5-16(11-19)21(27)23-20-17-12-24-9-10-25(13-17)15-22(20,14-24)18-6-2-1-3-7-18/h1-8,11,17,20,26H,9-10,12-15H2,(H,23,27)/t17?,20-,22?/m1/s1. The first-order valence-corrected chi connectivity index (χ1v) is 9.74. The van der Waals surface area contributed by atoms with Crippen molar-refractivity contribution < 1.29 is 9.90 Å². The number of aromatic hydroxyl groups is 1. The third-order valence-corrected chi connectivity index (χ3v) is 6.54. The van der Waals surface area contributed by atoms with Gasteiger partial charge in [-0.3, -0.25) is 4.79 Å². The molecule has 4 aliphatic heterocycles. The van der Waals surface area contributed by atoms with Gasteiger partial charge in [-0.25, -0.2) is 0 Å². The number of nitrogens with one attached hydrogen (secondary N) is 1. The molecule has 3 atom stereocenters. The van der Waals surface area contributed by atoms with Gasteiger partial charge in [0.2, 0.25) is 0 Å². The second kappa shape index (κ2) is 6.36. The molecule has 4 bridgehead atoms. The predicted molar refractivity (Wildman–Crippen MR) is 104 cm³/mol. The fraction of sp³-hybridized carbons (Fsp3) is 0.409. The van der Waals surface area contributed by atoms with Gasteiger partial charge in [0.1, 0.15) is 5.75 Å². The Labute approximate surface area is 159 Å². The lowest BCUT2D eigenvalue weighted by Gasteiger charge is -2.55. The fourth-order valence-corrected chi connectivity index (χ4v) is 5.44. The molecule has 2 aromatic carbocycles. The second-order valence-corrected chi connectivity index (χ2v) is 8.25. The molecule has 1 amide bonds. The smallest absolute Gasteiger partial charge is 0.251 e. The molecule has 5 heteroatoms. The molecule has 2 unspecified atom stereocenters. The number of carbonyl (C=O) groups is 1. The maximum atomic E-state index is 13.0. The molecule has 6 rings (SSSR count). The molecule has 140 valence electrons. The number of rotatable bonds is 3. The maximum Gasteiger partial charge on any atom is 0.251 e. The van der Waals surface area contributed by atoms with Crippen molar-refractivity contribution in [3.8, 4) is 5.75 Å². The SMILES string of the molecule is O=C(N[C@@H]1C2CN3CCN(C2)CC1(c1ccccc1)C3)c1cccc(O)c1. The van der Waals surface area contributed by atoms with Crippen LogP contribution in [0.15, 0.2) is 54.6 Å². The van der Waals surface area contributed by atoms with Gasteiger partial charge in [0.05, 0.1) is 0 Å². The van der Waals surface area contributed by atoms with E-state index < -0.39 is 0 Å². The topological polar surface area (TPSA) is 55.8 Å². The van der Waals surface area contributed by atoms with E-state index in [0.717, 1.165) is 39.3 Å². The molecule has 27 heavy (non-hydrogen) atoms. The number of hydrogen-bond acceptors (Lipinski definition) is 4. The normalized spacial score (nSPS) is 34.2. The Kier molecular flexibility index (Phi) is 3.95. The number of hydrogen-bond donors (Lipinski definition) is 2. The van der Waals surface area contributed by atoms with E-state index in [1.54, 1.807) is 24.3 Å². The number of phenolic OH excluding ortho intramolecular Hbond substituents is 1. The van der Waals surface area contributed by atoms with Crippen LogP contribution in [0, 0.1) is 5.92 Å². The van der Waals surface area contributed by atoms with Crippen LogP contribution >= 0.6 is 0 Å². The van der Waals surface area contributed by atoms with E-state index in [-0.39, 0.29) is 23.1 Å². The number of piperidine rings is 2. The number of benzene rings is 2. The average Bonchev–Trinajstić information content (AvgIpc) is 2.93. The first kappa shape index (κ1) is 16.8. The van der Waals surface area contributed by atoms with Crippen molar-refractivity contribution in [3.05, 3.63) is 65.7 Å². The average molecular weight is 363 g/mol. The van der Waals surface area contributed by atoms with Crippen molar-refractivity contribution in [2.75, 3.05) is 39.3 Å². The summed E-state index contributed by atoms with van der Waals surface area (Å²) in [4.78, 5) is 18.1. The minimum Gasteiger partial charge on any atom is -0.508 e. The zero-order valence-corrected chi connectivity index (χ0v) is 15.3. The number of phenols is 1. The van der Waals surface area contributed by atoms with E-state index >= 15 is 0 Å². The Morgan fingerprint density at radius 2 is 1.70 bits per heavy atom. The first-order chi connectivity index (χ1) is 13.1. The Morgan fingerprint density at radius 1 is 1.00 bits per heavy atom. The van der Waals surface area contributed by atoms with Crippen molar-refractivity contribution in [1.82, 2.24) is 15.1 Å². The van der Waals surface area contributed by atoms with Gasteiger partial charge < -0.3 is 20.2 Å².